The minimum atomic E-state index is 0.202. The van der Waals surface area contributed by atoms with Gasteiger partial charge in [0.2, 0.25) is 0 Å². The van der Waals surface area contributed by atoms with E-state index in [1.807, 2.05) is 6.07 Å². The van der Waals surface area contributed by atoms with Gasteiger partial charge >= 0.3 is 0 Å². The third-order valence-electron chi connectivity index (χ3n) is 4.23. The van der Waals surface area contributed by atoms with Crippen LogP contribution in [-0.4, -0.2) is 19.5 Å². The summed E-state index contributed by atoms with van der Waals surface area (Å²) in [5, 5.41) is 0. The lowest BCUT2D eigenvalue weighted by atomic mass is 10.1. The summed E-state index contributed by atoms with van der Waals surface area (Å²) >= 11 is 0. The Labute approximate surface area is 113 Å². The number of hydrogen-bond donors (Lipinski definition) is 0. The van der Waals surface area contributed by atoms with Crippen LogP contribution in [0, 0.1) is 5.92 Å². The molecule has 102 valence electrons. The molecule has 0 bridgehead atoms. The molecule has 2 aliphatic rings. The largest absolute Gasteiger partial charge is 0.493 e. The van der Waals surface area contributed by atoms with Crippen molar-refractivity contribution in [3.8, 4) is 11.5 Å². The van der Waals surface area contributed by atoms with Gasteiger partial charge in [-0.05, 0) is 55.7 Å². The minimum absolute atomic E-state index is 0.202. The third-order valence-corrected chi connectivity index (χ3v) is 4.23. The van der Waals surface area contributed by atoms with Gasteiger partial charge in [0.15, 0.2) is 11.5 Å². The predicted octanol–water partition coefficient (Wildman–Crippen LogP) is 3.32. The van der Waals surface area contributed by atoms with Gasteiger partial charge in [0.05, 0.1) is 13.2 Å². The molecule has 0 heterocycles. The molecular weight excluding hydrogens is 240 g/mol. The average molecular weight is 260 g/mol. The molecule has 0 aliphatic heterocycles. The van der Waals surface area contributed by atoms with Crippen molar-refractivity contribution in [3.63, 3.8) is 0 Å². The Bertz CT molecular complexity index is 463. The molecule has 3 nitrogen and oxygen atoms in total. The number of aldehydes is 1. The maximum absolute atomic E-state index is 10.8. The highest BCUT2D eigenvalue weighted by molar-refractivity contribution is 5.62. The van der Waals surface area contributed by atoms with E-state index >= 15 is 0 Å². The van der Waals surface area contributed by atoms with Crippen LogP contribution in [0.5, 0.6) is 11.5 Å². The molecule has 1 aromatic rings. The Morgan fingerprint density at radius 2 is 2.00 bits per heavy atom. The van der Waals surface area contributed by atoms with Crippen molar-refractivity contribution >= 4 is 6.29 Å². The molecule has 0 spiro atoms. The molecule has 2 saturated carbocycles. The molecule has 2 fully saturated rings. The molecule has 19 heavy (non-hydrogen) atoms. The maximum atomic E-state index is 10.8. The van der Waals surface area contributed by atoms with E-state index in [0.717, 1.165) is 37.0 Å². The first-order valence-electron chi connectivity index (χ1n) is 7.11. The normalized spacial score (nSPS) is 26.2. The molecule has 2 atom stereocenters. The zero-order valence-corrected chi connectivity index (χ0v) is 11.3. The molecule has 0 saturated heterocycles. The molecule has 3 rings (SSSR count). The van der Waals surface area contributed by atoms with Crippen LogP contribution >= 0.6 is 0 Å². The topological polar surface area (TPSA) is 35.5 Å². The number of benzene rings is 1. The van der Waals surface area contributed by atoms with Crippen molar-refractivity contribution < 1.29 is 14.3 Å². The Balaban J connectivity index is 1.79. The SMILES string of the molecule is COc1ccc(C2CC2C=O)cc1OC1CCCC1. The fourth-order valence-electron chi connectivity index (χ4n) is 2.95. The zero-order chi connectivity index (χ0) is 13.2. The number of carbonyl (C=O) groups excluding carboxylic acids is 1. The van der Waals surface area contributed by atoms with Crippen LogP contribution < -0.4 is 9.47 Å². The van der Waals surface area contributed by atoms with Gasteiger partial charge in [-0.2, -0.15) is 0 Å². The van der Waals surface area contributed by atoms with Gasteiger partial charge in [0.1, 0.15) is 6.29 Å². The molecular formula is C16H20O3. The molecule has 2 aliphatic carbocycles. The molecule has 0 radical (unpaired) electrons. The van der Waals surface area contributed by atoms with E-state index in [1.54, 1.807) is 7.11 Å². The summed E-state index contributed by atoms with van der Waals surface area (Å²) in [5.74, 6) is 2.21. The van der Waals surface area contributed by atoms with E-state index in [4.69, 9.17) is 9.47 Å². The lowest BCUT2D eigenvalue weighted by Gasteiger charge is -2.16. The molecule has 0 N–H and O–H groups in total. The fourth-order valence-corrected chi connectivity index (χ4v) is 2.95. The van der Waals surface area contributed by atoms with Gasteiger partial charge in [0, 0.05) is 5.92 Å². The van der Waals surface area contributed by atoms with Crippen molar-refractivity contribution in [2.75, 3.05) is 7.11 Å². The van der Waals surface area contributed by atoms with Crippen LogP contribution in [0.2, 0.25) is 0 Å². The van der Waals surface area contributed by atoms with Crippen molar-refractivity contribution in [1.29, 1.82) is 0 Å². The first-order valence-corrected chi connectivity index (χ1v) is 7.11. The Morgan fingerprint density at radius 3 is 2.63 bits per heavy atom. The number of hydrogen-bond acceptors (Lipinski definition) is 3. The highest BCUT2D eigenvalue weighted by Crippen LogP contribution is 2.48. The summed E-state index contributed by atoms with van der Waals surface area (Å²) in [5.41, 5.74) is 1.20. The second-order valence-corrected chi connectivity index (χ2v) is 5.58. The monoisotopic (exact) mass is 260 g/mol. The Hall–Kier alpha value is -1.51. The van der Waals surface area contributed by atoms with Crippen molar-refractivity contribution in [1.82, 2.24) is 0 Å². The van der Waals surface area contributed by atoms with Crippen LogP contribution in [0.3, 0.4) is 0 Å². The van der Waals surface area contributed by atoms with E-state index < -0.39 is 0 Å². The number of rotatable bonds is 5. The molecule has 1 aromatic carbocycles. The van der Waals surface area contributed by atoms with Crippen molar-refractivity contribution in [2.45, 2.75) is 44.1 Å². The smallest absolute Gasteiger partial charge is 0.161 e. The second kappa shape index (κ2) is 5.24. The second-order valence-electron chi connectivity index (χ2n) is 5.58. The van der Waals surface area contributed by atoms with Crippen LogP contribution in [-0.2, 0) is 4.79 Å². The predicted molar refractivity (Wildman–Crippen MR) is 72.8 cm³/mol. The van der Waals surface area contributed by atoms with Crippen molar-refractivity contribution in [3.05, 3.63) is 23.8 Å². The summed E-state index contributed by atoms with van der Waals surface area (Å²) in [6.07, 6.45) is 7.13. The van der Waals surface area contributed by atoms with Gasteiger partial charge in [-0.1, -0.05) is 6.07 Å². The molecule has 2 unspecified atom stereocenters. The van der Waals surface area contributed by atoms with E-state index in [0.29, 0.717) is 12.0 Å². The lowest BCUT2D eigenvalue weighted by molar-refractivity contribution is -0.108. The highest BCUT2D eigenvalue weighted by Gasteiger charge is 2.38. The Kier molecular flexibility index (Phi) is 3.45. The van der Waals surface area contributed by atoms with Gasteiger partial charge in [-0.15, -0.1) is 0 Å². The lowest BCUT2D eigenvalue weighted by Crippen LogP contribution is -2.11. The standard InChI is InChI=1S/C16H20O3/c1-18-15-7-6-11(14-8-12(14)10-17)9-16(15)19-13-4-2-3-5-13/h6-7,9-10,12-14H,2-5,8H2,1H3. The van der Waals surface area contributed by atoms with E-state index in [1.165, 1.54) is 18.4 Å². The zero-order valence-electron chi connectivity index (χ0n) is 11.3. The summed E-state index contributed by atoms with van der Waals surface area (Å²) in [7, 11) is 1.67. The first kappa shape index (κ1) is 12.5. The van der Waals surface area contributed by atoms with Gasteiger partial charge in [-0.25, -0.2) is 0 Å². The number of carbonyl (C=O) groups is 1. The molecule has 3 heteroatoms. The van der Waals surface area contributed by atoms with Gasteiger partial charge < -0.3 is 14.3 Å². The van der Waals surface area contributed by atoms with Gasteiger partial charge in [-0.3, -0.25) is 0 Å². The summed E-state index contributed by atoms with van der Waals surface area (Å²) < 4.78 is 11.4. The van der Waals surface area contributed by atoms with E-state index in [9.17, 15) is 4.79 Å². The van der Waals surface area contributed by atoms with Gasteiger partial charge in [0.25, 0.3) is 0 Å². The Morgan fingerprint density at radius 1 is 1.21 bits per heavy atom. The minimum Gasteiger partial charge on any atom is -0.493 e. The molecule has 0 aromatic heterocycles. The summed E-state index contributed by atoms with van der Waals surface area (Å²) in [6, 6.07) is 6.07. The van der Waals surface area contributed by atoms with E-state index in [2.05, 4.69) is 12.1 Å². The van der Waals surface area contributed by atoms with Crippen LogP contribution in [0.4, 0.5) is 0 Å². The first-order chi connectivity index (χ1) is 9.31. The van der Waals surface area contributed by atoms with Crippen LogP contribution in [0.25, 0.3) is 0 Å². The third kappa shape index (κ3) is 2.60. The molecule has 0 amide bonds. The van der Waals surface area contributed by atoms with Crippen LogP contribution in [0.15, 0.2) is 18.2 Å². The number of methoxy groups -OCH3 is 1. The fraction of sp³-hybridized carbons (Fsp3) is 0.562. The maximum Gasteiger partial charge on any atom is 0.161 e. The average Bonchev–Trinajstić information content (AvgIpc) is 3.07. The highest BCUT2D eigenvalue weighted by atomic mass is 16.5. The van der Waals surface area contributed by atoms with E-state index in [-0.39, 0.29) is 5.92 Å². The summed E-state index contributed by atoms with van der Waals surface area (Å²) in [6.45, 7) is 0. The summed E-state index contributed by atoms with van der Waals surface area (Å²) in [4.78, 5) is 10.8. The number of ether oxygens (including phenoxy) is 2. The quantitative estimate of drug-likeness (QED) is 0.762. The van der Waals surface area contributed by atoms with Crippen molar-refractivity contribution in [2.24, 2.45) is 5.92 Å². The van der Waals surface area contributed by atoms with Crippen LogP contribution in [0.1, 0.15) is 43.6 Å².